The Balaban J connectivity index is 1.49. The molecule has 2 aromatic rings. The van der Waals surface area contributed by atoms with Crippen LogP contribution in [0.15, 0.2) is 54.6 Å². The summed E-state index contributed by atoms with van der Waals surface area (Å²) in [5.41, 5.74) is 2.29. The largest absolute Gasteiger partial charge is 0.497 e. The number of ether oxygens (including phenoxy) is 1. The van der Waals surface area contributed by atoms with Crippen LogP contribution in [0.25, 0.3) is 0 Å². The van der Waals surface area contributed by atoms with Gasteiger partial charge in [0.1, 0.15) is 5.75 Å². The second-order valence-corrected chi connectivity index (χ2v) is 6.60. The van der Waals surface area contributed by atoms with Crippen LogP contribution in [0.4, 0.5) is 5.69 Å². The number of carbonyl (C=O) groups excluding carboxylic acids is 1. The first-order valence-electron chi connectivity index (χ1n) is 9.12. The molecule has 1 fully saturated rings. The van der Waals surface area contributed by atoms with Crippen LogP contribution in [0.3, 0.4) is 0 Å². The lowest BCUT2D eigenvalue weighted by Gasteiger charge is -2.38. The number of methoxy groups -OCH3 is 1. The van der Waals surface area contributed by atoms with Crippen molar-refractivity contribution in [2.75, 3.05) is 38.2 Å². The van der Waals surface area contributed by atoms with Crippen molar-refractivity contribution in [3.63, 3.8) is 0 Å². The van der Waals surface area contributed by atoms with Crippen molar-refractivity contribution in [2.24, 2.45) is 0 Å². The standard InChI is InChI=1S/C21H27N3O2/c1-17(21(25)22-16-18-7-4-3-5-8-18)23-11-13-24(14-12-23)19-9-6-10-20(15-19)26-2/h3-10,15,17H,11-14,16H2,1-2H3,(H,22,25)/t17-/m1/s1. The zero-order chi connectivity index (χ0) is 18.4. The van der Waals surface area contributed by atoms with Gasteiger partial charge >= 0.3 is 0 Å². The third-order valence-electron chi connectivity index (χ3n) is 4.97. The molecule has 5 nitrogen and oxygen atoms in total. The number of nitrogens with one attached hydrogen (secondary N) is 1. The van der Waals surface area contributed by atoms with Gasteiger partial charge in [-0.05, 0) is 24.6 Å². The summed E-state index contributed by atoms with van der Waals surface area (Å²) in [6, 6.07) is 18.0. The molecule has 1 heterocycles. The van der Waals surface area contributed by atoms with Gasteiger partial charge in [-0.3, -0.25) is 9.69 Å². The van der Waals surface area contributed by atoms with E-state index >= 15 is 0 Å². The van der Waals surface area contributed by atoms with E-state index in [1.54, 1.807) is 7.11 Å². The fourth-order valence-corrected chi connectivity index (χ4v) is 3.27. The Kier molecular flexibility index (Phi) is 6.12. The molecule has 0 spiro atoms. The van der Waals surface area contributed by atoms with Crippen molar-refractivity contribution in [3.05, 3.63) is 60.2 Å². The minimum atomic E-state index is -0.119. The number of anilines is 1. The summed E-state index contributed by atoms with van der Waals surface area (Å²) in [5, 5.41) is 3.04. The van der Waals surface area contributed by atoms with E-state index in [1.807, 2.05) is 49.4 Å². The van der Waals surface area contributed by atoms with Crippen LogP contribution < -0.4 is 15.0 Å². The van der Waals surface area contributed by atoms with E-state index in [2.05, 4.69) is 27.2 Å². The van der Waals surface area contributed by atoms with Crippen LogP contribution in [0.5, 0.6) is 5.75 Å². The zero-order valence-electron chi connectivity index (χ0n) is 15.5. The number of nitrogens with zero attached hydrogens (tertiary/aromatic N) is 2. The van der Waals surface area contributed by atoms with Crippen LogP contribution in [0, 0.1) is 0 Å². The van der Waals surface area contributed by atoms with E-state index in [0.717, 1.165) is 37.5 Å². The van der Waals surface area contributed by atoms with Crippen LogP contribution in [-0.4, -0.2) is 50.1 Å². The Morgan fingerprint density at radius 3 is 2.50 bits per heavy atom. The first kappa shape index (κ1) is 18.3. The van der Waals surface area contributed by atoms with E-state index in [1.165, 1.54) is 5.69 Å². The van der Waals surface area contributed by atoms with Gasteiger partial charge in [0.15, 0.2) is 0 Å². The highest BCUT2D eigenvalue weighted by molar-refractivity contribution is 5.81. The smallest absolute Gasteiger partial charge is 0.237 e. The van der Waals surface area contributed by atoms with E-state index in [4.69, 9.17) is 4.74 Å². The number of amides is 1. The average Bonchev–Trinajstić information content (AvgIpc) is 2.72. The van der Waals surface area contributed by atoms with Gasteiger partial charge < -0.3 is 15.0 Å². The lowest BCUT2D eigenvalue weighted by molar-refractivity contribution is -0.126. The van der Waals surface area contributed by atoms with Gasteiger partial charge in [0.05, 0.1) is 13.2 Å². The quantitative estimate of drug-likeness (QED) is 0.867. The van der Waals surface area contributed by atoms with Gasteiger partial charge in [-0.2, -0.15) is 0 Å². The number of hydrogen-bond donors (Lipinski definition) is 1. The molecule has 1 atom stereocenters. The van der Waals surface area contributed by atoms with Gasteiger partial charge in [0.25, 0.3) is 0 Å². The number of benzene rings is 2. The van der Waals surface area contributed by atoms with Crippen molar-refractivity contribution in [1.29, 1.82) is 0 Å². The van der Waals surface area contributed by atoms with Crippen LogP contribution >= 0.6 is 0 Å². The molecule has 26 heavy (non-hydrogen) atoms. The molecular weight excluding hydrogens is 326 g/mol. The molecule has 1 amide bonds. The first-order chi connectivity index (χ1) is 12.7. The van der Waals surface area contributed by atoms with Crippen LogP contribution in [-0.2, 0) is 11.3 Å². The lowest BCUT2D eigenvalue weighted by atomic mass is 10.2. The highest BCUT2D eigenvalue weighted by Crippen LogP contribution is 2.22. The summed E-state index contributed by atoms with van der Waals surface area (Å²) >= 11 is 0. The number of hydrogen-bond acceptors (Lipinski definition) is 4. The molecule has 3 rings (SSSR count). The molecule has 0 saturated carbocycles. The van der Waals surface area contributed by atoms with Crippen molar-refractivity contribution in [2.45, 2.75) is 19.5 Å². The summed E-state index contributed by atoms with van der Waals surface area (Å²) in [7, 11) is 1.69. The number of rotatable bonds is 6. The number of piperazine rings is 1. The molecule has 1 saturated heterocycles. The Labute approximate surface area is 155 Å². The third kappa shape index (κ3) is 4.55. The maximum Gasteiger partial charge on any atom is 0.237 e. The highest BCUT2D eigenvalue weighted by atomic mass is 16.5. The van der Waals surface area contributed by atoms with Crippen molar-refractivity contribution >= 4 is 11.6 Å². The minimum absolute atomic E-state index is 0.0867. The zero-order valence-corrected chi connectivity index (χ0v) is 15.5. The molecule has 2 aromatic carbocycles. The summed E-state index contributed by atoms with van der Waals surface area (Å²) in [6.07, 6.45) is 0. The first-order valence-corrected chi connectivity index (χ1v) is 9.12. The molecule has 0 radical (unpaired) electrons. The maximum absolute atomic E-state index is 12.5. The summed E-state index contributed by atoms with van der Waals surface area (Å²) in [5.74, 6) is 0.960. The third-order valence-corrected chi connectivity index (χ3v) is 4.97. The van der Waals surface area contributed by atoms with Gasteiger partial charge in [-0.25, -0.2) is 0 Å². The molecule has 0 aromatic heterocycles. The molecule has 0 bridgehead atoms. The molecule has 5 heteroatoms. The SMILES string of the molecule is COc1cccc(N2CCN([C@H](C)C(=O)NCc3ccccc3)CC2)c1. The van der Waals surface area contributed by atoms with Gasteiger partial charge in [0.2, 0.25) is 5.91 Å². The van der Waals surface area contributed by atoms with E-state index in [0.29, 0.717) is 6.54 Å². The van der Waals surface area contributed by atoms with Crippen molar-refractivity contribution in [3.8, 4) is 5.75 Å². The molecule has 0 unspecified atom stereocenters. The van der Waals surface area contributed by atoms with Gasteiger partial charge in [-0.1, -0.05) is 36.4 Å². The second-order valence-electron chi connectivity index (χ2n) is 6.60. The van der Waals surface area contributed by atoms with Gasteiger partial charge in [-0.15, -0.1) is 0 Å². The number of carbonyl (C=O) groups is 1. The van der Waals surface area contributed by atoms with Crippen LogP contribution in [0.2, 0.25) is 0 Å². The Bertz CT molecular complexity index is 712. The fraction of sp³-hybridized carbons (Fsp3) is 0.381. The highest BCUT2D eigenvalue weighted by Gasteiger charge is 2.25. The molecule has 1 N–H and O–H groups in total. The molecule has 0 aliphatic carbocycles. The summed E-state index contributed by atoms with van der Waals surface area (Å²) < 4.78 is 5.31. The average molecular weight is 353 g/mol. The normalized spacial score (nSPS) is 16.2. The Hall–Kier alpha value is -2.53. The lowest BCUT2D eigenvalue weighted by Crippen LogP contribution is -2.53. The van der Waals surface area contributed by atoms with Crippen LogP contribution in [0.1, 0.15) is 12.5 Å². The topological polar surface area (TPSA) is 44.8 Å². The summed E-state index contributed by atoms with van der Waals surface area (Å²) in [4.78, 5) is 17.1. The van der Waals surface area contributed by atoms with E-state index < -0.39 is 0 Å². The van der Waals surface area contributed by atoms with Crippen molar-refractivity contribution < 1.29 is 9.53 Å². The molecular formula is C21H27N3O2. The monoisotopic (exact) mass is 353 g/mol. The Morgan fingerprint density at radius 1 is 1.08 bits per heavy atom. The predicted octanol–water partition coefficient (Wildman–Crippen LogP) is 2.52. The summed E-state index contributed by atoms with van der Waals surface area (Å²) in [6.45, 7) is 6.12. The second kappa shape index (κ2) is 8.72. The van der Waals surface area contributed by atoms with Crippen molar-refractivity contribution in [1.82, 2.24) is 10.2 Å². The predicted molar refractivity (Wildman–Crippen MR) is 105 cm³/mol. The van der Waals surface area contributed by atoms with E-state index in [9.17, 15) is 4.79 Å². The molecule has 1 aliphatic heterocycles. The van der Waals surface area contributed by atoms with Gasteiger partial charge in [0, 0.05) is 44.5 Å². The Morgan fingerprint density at radius 2 is 1.81 bits per heavy atom. The van der Waals surface area contributed by atoms with E-state index in [-0.39, 0.29) is 11.9 Å². The molecule has 1 aliphatic rings. The fourth-order valence-electron chi connectivity index (χ4n) is 3.27. The minimum Gasteiger partial charge on any atom is -0.497 e. The molecule has 138 valence electrons. The maximum atomic E-state index is 12.5.